The summed E-state index contributed by atoms with van der Waals surface area (Å²) in [4.78, 5) is 8.02. The van der Waals surface area contributed by atoms with E-state index in [0.29, 0.717) is 25.7 Å². The van der Waals surface area contributed by atoms with E-state index in [4.69, 9.17) is 4.74 Å². The van der Waals surface area contributed by atoms with Gasteiger partial charge in [-0.15, -0.1) is 0 Å². The Hall–Kier alpha value is -1.81. The number of imidazole rings is 1. The second-order valence-electron chi connectivity index (χ2n) is 6.25. The van der Waals surface area contributed by atoms with Crippen molar-refractivity contribution in [1.29, 1.82) is 0 Å². The highest BCUT2D eigenvalue weighted by Crippen LogP contribution is 2.40. The van der Waals surface area contributed by atoms with Gasteiger partial charge in [-0.2, -0.15) is 13.2 Å². The SMILES string of the molecule is CCNC(=NCC1CCCO1)NCCC(O)(c1nccn1C)C(F)(F)F. The highest BCUT2D eigenvalue weighted by molar-refractivity contribution is 5.79. The minimum atomic E-state index is -4.85. The van der Waals surface area contributed by atoms with Gasteiger partial charge in [0.05, 0.1) is 12.6 Å². The van der Waals surface area contributed by atoms with Crippen molar-refractivity contribution in [3.8, 4) is 0 Å². The molecule has 7 nitrogen and oxygen atoms in total. The van der Waals surface area contributed by atoms with Crippen LogP contribution >= 0.6 is 0 Å². The Labute approximate surface area is 150 Å². The average molecular weight is 377 g/mol. The number of ether oxygens (including phenoxy) is 1. The third-order valence-corrected chi connectivity index (χ3v) is 4.26. The molecule has 148 valence electrons. The van der Waals surface area contributed by atoms with Crippen LogP contribution in [0.3, 0.4) is 0 Å². The molecule has 0 radical (unpaired) electrons. The first-order chi connectivity index (χ1) is 12.3. The maximum atomic E-state index is 13.5. The summed E-state index contributed by atoms with van der Waals surface area (Å²) < 4.78 is 47.1. The average Bonchev–Trinajstić information content (AvgIpc) is 3.22. The molecule has 0 aromatic carbocycles. The predicted molar refractivity (Wildman–Crippen MR) is 90.7 cm³/mol. The number of halogens is 3. The van der Waals surface area contributed by atoms with E-state index in [1.165, 1.54) is 24.0 Å². The Morgan fingerprint density at radius 2 is 2.23 bits per heavy atom. The summed E-state index contributed by atoms with van der Waals surface area (Å²) in [5.74, 6) is -0.0412. The quantitative estimate of drug-likeness (QED) is 0.493. The van der Waals surface area contributed by atoms with E-state index in [2.05, 4.69) is 20.6 Å². The molecule has 1 aliphatic rings. The van der Waals surface area contributed by atoms with E-state index in [0.717, 1.165) is 12.8 Å². The summed E-state index contributed by atoms with van der Waals surface area (Å²) in [6.07, 6.45) is -0.876. The van der Waals surface area contributed by atoms with Crippen LogP contribution < -0.4 is 10.6 Å². The van der Waals surface area contributed by atoms with E-state index in [-0.39, 0.29) is 12.6 Å². The molecule has 1 saturated heterocycles. The van der Waals surface area contributed by atoms with Crippen molar-refractivity contribution in [3.05, 3.63) is 18.2 Å². The first kappa shape index (κ1) is 20.5. The second kappa shape index (κ2) is 8.72. The maximum absolute atomic E-state index is 13.5. The number of aryl methyl sites for hydroxylation is 1. The number of nitrogens with one attached hydrogen (secondary N) is 2. The summed E-state index contributed by atoms with van der Waals surface area (Å²) >= 11 is 0. The molecule has 0 aliphatic carbocycles. The van der Waals surface area contributed by atoms with Crippen molar-refractivity contribution in [1.82, 2.24) is 20.2 Å². The Balaban J connectivity index is 2.00. The van der Waals surface area contributed by atoms with Gasteiger partial charge in [0.15, 0.2) is 5.96 Å². The third-order valence-electron chi connectivity index (χ3n) is 4.26. The summed E-state index contributed by atoms with van der Waals surface area (Å²) in [5.41, 5.74) is -3.04. The number of guanidine groups is 1. The number of aromatic nitrogens is 2. The maximum Gasteiger partial charge on any atom is 0.424 e. The summed E-state index contributed by atoms with van der Waals surface area (Å²) in [7, 11) is 1.42. The summed E-state index contributed by atoms with van der Waals surface area (Å²) in [6, 6.07) is 0. The number of aliphatic hydroxyl groups is 1. The molecule has 0 bridgehead atoms. The summed E-state index contributed by atoms with van der Waals surface area (Å²) in [6.45, 7) is 3.47. The molecule has 0 saturated carbocycles. The van der Waals surface area contributed by atoms with Gasteiger partial charge in [0.25, 0.3) is 0 Å². The molecule has 2 rings (SSSR count). The first-order valence-electron chi connectivity index (χ1n) is 8.68. The van der Waals surface area contributed by atoms with Crippen LogP contribution in [0.5, 0.6) is 0 Å². The molecule has 1 aliphatic heterocycles. The number of rotatable bonds is 7. The lowest BCUT2D eigenvalue weighted by atomic mass is 9.97. The molecule has 2 unspecified atom stereocenters. The summed E-state index contributed by atoms with van der Waals surface area (Å²) in [5, 5.41) is 16.1. The van der Waals surface area contributed by atoms with Gasteiger partial charge in [0, 0.05) is 45.6 Å². The molecule has 1 aromatic rings. The molecular weight excluding hydrogens is 351 g/mol. The minimum Gasteiger partial charge on any atom is -0.376 e. The van der Waals surface area contributed by atoms with Gasteiger partial charge in [-0.3, -0.25) is 4.99 Å². The van der Waals surface area contributed by atoms with Gasteiger partial charge < -0.3 is 25.0 Å². The minimum absolute atomic E-state index is 0.0464. The Morgan fingerprint density at radius 3 is 2.77 bits per heavy atom. The Bertz CT molecular complexity index is 599. The van der Waals surface area contributed by atoms with Gasteiger partial charge >= 0.3 is 6.18 Å². The second-order valence-corrected chi connectivity index (χ2v) is 6.25. The molecule has 0 amide bonds. The van der Waals surface area contributed by atoms with Crippen LogP contribution in [0.1, 0.15) is 32.0 Å². The van der Waals surface area contributed by atoms with Gasteiger partial charge in [-0.05, 0) is 19.8 Å². The highest BCUT2D eigenvalue weighted by Gasteiger charge is 2.57. The fraction of sp³-hybridized carbons (Fsp3) is 0.750. The smallest absolute Gasteiger partial charge is 0.376 e. The molecule has 1 fully saturated rings. The molecule has 3 N–H and O–H groups in total. The van der Waals surface area contributed by atoms with Crippen molar-refractivity contribution < 1.29 is 23.0 Å². The van der Waals surface area contributed by atoms with E-state index in [1.807, 2.05) is 6.92 Å². The lowest BCUT2D eigenvalue weighted by molar-refractivity contribution is -0.272. The lowest BCUT2D eigenvalue weighted by Crippen LogP contribution is -2.48. The number of nitrogens with zero attached hydrogens (tertiary/aromatic N) is 3. The fourth-order valence-corrected chi connectivity index (χ4v) is 2.83. The number of hydrogen-bond acceptors (Lipinski definition) is 4. The first-order valence-corrected chi connectivity index (χ1v) is 8.68. The largest absolute Gasteiger partial charge is 0.424 e. The zero-order valence-corrected chi connectivity index (χ0v) is 15.0. The lowest BCUT2D eigenvalue weighted by Gasteiger charge is -2.30. The number of hydrogen-bond donors (Lipinski definition) is 3. The molecule has 2 atom stereocenters. The molecule has 26 heavy (non-hydrogen) atoms. The molecule has 0 spiro atoms. The zero-order chi connectivity index (χ0) is 19.2. The molecule has 2 heterocycles. The van der Waals surface area contributed by atoms with Crippen LogP contribution in [0.2, 0.25) is 0 Å². The van der Waals surface area contributed by atoms with E-state index >= 15 is 0 Å². The van der Waals surface area contributed by atoms with E-state index < -0.39 is 24.0 Å². The Kier molecular flexibility index (Phi) is 6.87. The highest BCUT2D eigenvalue weighted by atomic mass is 19.4. The third kappa shape index (κ3) is 4.88. The number of alkyl halides is 3. The van der Waals surface area contributed by atoms with Gasteiger partial charge in [-0.1, -0.05) is 0 Å². The molecule has 1 aromatic heterocycles. The predicted octanol–water partition coefficient (Wildman–Crippen LogP) is 1.29. The van der Waals surface area contributed by atoms with Gasteiger partial charge in [0.2, 0.25) is 5.60 Å². The van der Waals surface area contributed by atoms with E-state index in [9.17, 15) is 18.3 Å². The standard InChI is InChI=1S/C16H26F3N5O2/c1-3-20-14(23-11-12-5-4-10-26-12)22-7-6-15(25,16(17,18)19)13-21-8-9-24(13)2/h8-9,12,25H,3-7,10-11H2,1-2H3,(H2,20,22,23). The van der Waals surface area contributed by atoms with E-state index in [1.54, 1.807) is 0 Å². The van der Waals surface area contributed by atoms with Crippen LogP contribution in [0.4, 0.5) is 13.2 Å². The fourth-order valence-electron chi connectivity index (χ4n) is 2.83. The van der Waals surface area contributed by atoms with Crippen molar-refractivity contribution in [3.63, 3.8) is 0 Å². The topological polar surface area (TPSA) is 83.7 Å². The van der Waals surface area contributed by atoms with Crippen LogP contribution in [0, 0.1) is 0 Å². The monoisotopic (exact) mass is 377 g/mol. The van der Waals surface area contributed by atoms with Crippen molar-refractivity contribution in [2.75, 3.05) is 26.2 Å². The molecule has 10 heteroatoms. The van der Waals surface area contributed by atoms with Crippen LogP contribution in [0.25, 0.3) is 0 Å². The van der Waals surface area contributed by atoms with Crippen LogP contribution in [-0.4, -0.2) is 59.1 Å². The normalized spacial score (nSPS) is 20.8. The number of aliphatic imine (C=N–C) groups is 1. The van der Waals surface area contributed by atoms with Crippen molar-refractivity contribution in [2.24, 2.45) is 12.0 Å². The zero-order valence-electron chi connectivity index (χ0n) is 15.0. The van der Waals surface area contributed by atoms with Crippen LogP contribution in [0.15, 0.2) is 17.4 Å². The molecular formula is C16H26F3N5O2. The van der Waals surface area contributed by atoms with Crippen molar-refractivity contribution in [2.45, 2.75) is 44.1 Å². The van der Waals surface area contributed by atoms with Gasteiger partial charge in [0.1, 0.15) is 5.82 Å². The van der Waals surface area contributed by atoms with Crippen LogP contribution in [-0.2, 0) is 17.4 Å². The van der Waals surface area contributed by atoms with Crippen molar-refractivity contribution >= 4 is 5.96 Å². The Morgan fingerprint density at radius 1 is 1.46 bits per heavy atom. The van der Waals surface area contributed by atoms with Gasteiger partial charge in [-0.25, -0.2) is 4.98 Å².